The molecule has 0 bridgehead atoms. The number of halogens is 2. The van der Waals surface area contributed by atoms with Crippen molar-refractivity contribution in [3.8, 4) is 0 Å². The molecular formula is C18H19BrFN3O5. The number of imide groups is 1. The summed E-state index contributed by atoms with van der Waals surface area (Å²) in [5, 5.41) is 4.98. The fourth-order valence-electron chi connectivity index (χ4n) is 3.38. The summed E-state index contributed by atoms with van der Waals surface area (Å²) in [4.78, 5) is 49.6. The molecule has 1 aliphatic heterocycles. The van der Waals surface area contributed by atoms with Crippen molar-refractivity contribution in [2.45, 2.75) is 44.2 Å². The number of benzene rings is 1. The Morgan fingerprint density at radius 3 is 2.68 bits per heavy atom. The van der Waals surface area contributed by atoms with E-state index in [2.05, 4.69) is 26.6 Å². The van der Waals surface area contributed by atoms with Crippen molar-refractivity contribution < 1.29 is 28.3 Å². The maximum Gasteiger partial charge on any atom is 0.327 e. The van der Waals surface area contributed by atoms with Gasteiger partial charge in [-0.1, -0.05) is 28.8 Å². The molecular weight excluding hydrogens is 437 g/mol. The molecule has 1 aromatic carbocycles. The van der Waals surface area contributed by atoms with E-state index in [1.807, 2.05) is 0 Å². The van der Waals surface area contributed by atoms with Gasteiger partial charge in [-0.15, -0.1) is 0 Å². The molecule has 0 unspecified atom stereocenters. The summed E-state index contributed by atoms with van der Waals surface area (Å²) in [7, 11) is 0. The van der Waals surface area contributed by atoms with Gasteiger partial charge in [0.15, 0.2) is 6.10 Å². The molecule has 4 amide bonds. The second kappa shape index (κ2) is 7.86. The van der Waals surface area contributed by atoms with E-state index in [1.54, 1.807) is 6.07 Å². The molecule has 2 fully saturated rings. The number of rotatable bonds is 5. The number of hydrogen-bond donors (Lipinski definition) is 2. The fourth-order valence-corrected chi connectivity index (χ4v) is 3.71. The number of nitrogens with one attached hydrogen (secondary N) is 2. The van der Waals surface area contributed by atoms with Crippen LogP contribution in [0.1, 0.15) is 32.6 Å². The molecule has 1 aliphatic carbocycles. The van der Waals surface area contributed by atoms with E-state index in [0.717, 1.165) is 17.7 Å². The summed E-state index contributed by atoms with van der Waals surface area (Å²) >= 11 is 3.11. The zero-order valence-corrected chi connectivity index (χ0v) is 16.7. The van der Waals surface area contributed by atoms with Gasteiger partial charge < -0.3 is 15.4 Å². The van der Waals surface area contributed by atoms with E-state index in [1.165, 1.54) is 19.1 Å². The van der Waals surface area contributed by atoms with E-state index in [0.29, 0.717) is 17.3 Å². The predicted molar refractivity (Wildman–Crippen MR) is 99.7 cm³/mol. The van der Waals surface area contributed by atoms with Crippen LogP contribution < -0.4 is 10.6 Å². The third-order valence-electron chi connectivity index (χ3n) is 4.86. The molecule has 1 atom stereocenters. The zero-order chi connectivity index (χ0) is 20.5. The highest BCUT2D eigenvalue weighted by Crippen LogP contribution is 2.34. The first kappa shape index (κ1) is 20.2. The van der Waals surface area contributed by atoms with Gasteiger partial charge in [0.2, 0.25) is 0 Å². The number of urea groups is 1. The first-order valence-electron chi connectivity index (χ1n) is 8.81. The number of esters is 1. The SMILES string of the molecule is C[C@H](OC(=O)CN1C(=O)NC2(CCCC2)C1=O)C(=O)Nc1ccc(Br)cc1F. The van der Waals surface area contributed by atoms with Gasteiger partial charge in [-0.05, 0) is 38.0 Å². The van der Waals surface area contributed by atoms with Gasteiger partial charge in [0.25, 0.3) is 11.8 Å². The van der Waals surface area contributed by atoms with Crippen LogP contribution in [0.3, 0.4) is 0 Å². The number of carbonyl (C=O) groups excluding carboxylic acids is 4. The zero-order valence-electron chi connectivity index (χ0n) is 15.1. The molecule has 2 aliphatic rings. The number of anilines is 1. The first-order valence-corrected chi connectivity index (χ1v) is 9.61. The summed E-state index contributed by atoms with van der Waals surface area (Å²) < 4.78 is 19.3. The van der Waals surface area contributed by atoms with E-state index in [4.69, 9.17) is 4.74 Å². The van der Waals surface area contributed by atoms with Gasteiger partial charge in [-0.3, -0.25) is 19.3 Å². The van der Waals surface area contributed by atoms with Crippen LogP contribution in [0.4, 0.5) is 14.9 Å². The summed E-state index contributed by atoms with van der Waals surface area (Å²) in [5.74, 6) is -2.74. The standard InChI is InChI=1S/C18H19BrFN3O5/c1-10(15(25)21-13-5-4-11(19)8-12(13)20)28-14(24)9-23-16(26)18(22-17(23)27)6-2-3-7-18/h4-5,8,10H,2-3,6-7,9H2,1H3,(H,21,25)(H,22,27)/t10-/m0/s1. The average molecular weight is 456 g/mol. The van der Waals surface area contributed by atoms with E-state index in [9.17, 15) is 23.6 Å². The van der Waals surface area contributed by atoms with Crippen LogP contribution in [0.25, 0.3) is 0 Å². The van der Waals surface area contributed by atoms with Crippen molar-refractivity contribution in [1.82, 2.24) is 10.2 Å². The van der Waals surface area contributed by atoms with Crippen molar-refractivity contribution in [1.29, 1.82) is 0 Å². The third kappa shape index (κ3) is 4.01. The maximum atomic E-state index is 13.8. The smallest absolute Gasteiger partial charge is 0.327 e. The van der Waals surface area contributed by atoms with Crippen LogP contribution >= 0.6 is 15.9 Å². The highest BCUT2D eigenvalue weighted by molar-refractivity contribution is 9.10. The first-order chi connectivity index (χ1) is 13.2. The molecule has 150 valence electrons. The van der Waals surface area contributed by atoms with Crippen molar-refractivity contribution in [3.05, 3.63) is 28.5 Å². The van der Waals surface area contributed by atoms with Crippen LogP contribution in [0.5, 0.6) is 0 Å². The lowest BCUT2D eigenvalue weighted by Crippen LogP contribution is -2.44. The van der Waals surface area contributed by atoms with Crippen molar-refractivity contribution in [2.75, 3.05) is 11.9 Å². The highest BCUT2D eigenvalue weighted by Gasteiger charge is 2.52. The number of hydrogen-bond acceptors (Lipinski definition) is 5. The second-order valence-corrected chi connectivity index (χ2v) is 7.77. The minimum Gasteiger partial charge on any atom is -0.451 e. The topological polar surface area (TPSA) is 105 Å². The Morgan fingerprint density at radius 2 is 2.04 bits per heavy atom. The number of ether oxygens (including phenoxy) is 1. The van der Waals surface area contributed by atoms with Crippen LogP contribution in [0.15, 0.2) is 22.7 Å². The van der Waals surface area contributed by atoms with E-state index >= 15 is 0 Å². The Kier molecular flexibility index (Phi) is 5.69. The lowest BCUT2D eigenvalue weighted by atomic mass is 9.98. The highest BCUT2D eigenvalue weighted by atomic mass is 79.9. The molecule has 28 heavy (non-hydrogen) atoms. The lowest BCUT2D eigenvalue weighted by molar-refractivity contribution is -0.155. The molecule has 0 radical (unpaired) electrons. The Labute approximate surface area is 168 Å². The Balaban J connectivity index is 1.56. The van der Waals surface area contributed by atoms with Gasteiger partial charge in [0.05, 0.1) is 5.69 Å². The summed E-state index contributed by atoms with van der Waals surface area (Å²) in [6, 6.07) is 3.45. The quantitative estimate of drug-likeness (QED) is 0.523. The fraction of sp³-hybridized carbons (Fsp3) is 0.444. The summed E-state index contributed by atoms with van der Waals surface area (Å²) in [5.41, 5.74) is -0.979. The number of amides is 4. The largest absolute Gasteiger partial charge is 0.451 e. The van der Waals surface area contributed by atoms with Gasteiger partial charge in [-0.25, -0.2) is 9.18 Å². The third-order valence-corrected chi connectivity index (χ3v) is 5.35. The van der Waals surface area contributed by atoms with Crippen molar-refractivity contribution in [2.24, 2.45) is 0 Å². The molecule has 10 heteroatoms. The molecule has 1 spiro atoms. The molecule has 1 aromatic rings. The Morgan fingerprint density at radius 1 is 1.36 bits per heavy atom. The average Bonchev–Trinajstić information content (AvgIpc) is 3.18. The molecule has 2 N–H and O–H groups in total. The van der Waals surface area contributed by atoms with Crippen LogP contribution in [0.2, 0.25) is 0 Å². The monoisotopic (exact) mass is 455 g/mol. The number of nitrogens with zero attached hydrogens (tertiary/aromatic N) is 1. The van der Waals surface area contributed by atoms with Crippen molar-refractivity contribution in [3.63, 3.8) is 0 Å². The van der Waals surface area contributed by atoms with Crippen LogP contribution in [-0.4, -0.2) is 46.9 Å². The normalized spacial score (nSPS) is 18.9. The summed E-state index contributed by atoms with van der Waals surface area (Å²) in [6.45, 7) is 0.727. The Bertz CT molecular complexity index is 841. The van der Waals surface area contributed by atoms with Gasteiger partial charge in [-0.2, -0.15) is 0 Å². The molecule has 8 nitrogen and oxygen atoms in total. The second-order valence-electron chi connectivity index (χ2n) is 6.86. The molecule has 3 rings (SSSR count). The maximum absolute atomic E-state index is 13.8. The molecule has 1 saturated carbocycles. The van der Waals surface area contributed by atoms with Gasteiger partial charge in [0.1, 0.15) is 17.9 Å². The lowest BCUT2D eigenvalue weighted by Gasteiger charge is -2.20. The minimum atomic E-state index is -1.24. The van der Waals surface area contributed by atoms with Crippen LogP contribution in [0, 0.1) is 5.82 Å². The molecule has 1 saturated heterocycles. The van der Waals surface area contributed by atoms with Gasteiger partial charge in [0, 0.05) is 4.47 Å². The van der Waals surface area contributed by atoms with E-state index in [-0.39, 0.29) is 5.69 Å². The van der Waals surface area contributed by atoms with Crippen LogP contribution in [-0.2, 0) is 19.1 Å². The minimum absolute atomic E-state index is 0.0617. The summed E-state index contributed by atoms with van der Waals surface area (Å²) in [6.07, 6.45) is 1.50. The number of carbonyl (C=O) groups is 4. The Hall–Kier alpha value is -2.49. The van der Waals surface area contributed by atoms with E-state index < -0.39 is 47.8 Å². The van der Waals surface area contributed by atoms with Gasteiger partial charge >= 0.3 is 12.0 Å². The molecule has 1 heterocycles. The van der Waals surface area contributed by atoms with Crippen molar-refractivity contribution >= 4 is 45.4 Å². The molecule has 0 aromatic heterocycles. The predicted octanol–water partition coefficient (Wildman–Crippen LogP) is 2.32.